The van der Waals surface area contributed by atoms with Gasteiger partial charge in [0.15, 0.2) is 5.75 Å². The molecule has 0 bridgehead atoms. The largest absolute Gasteiger partial charge is 0.377 e. The van der Waals surface area contributed by atoms with Gasteiger partial charge in [0.05, 0.1) is 8.95 Å². The minimum absolute atomic E-state index is 0.0315. The second kappa shape index (κ2) is 7.63. The Kier molecular flexibility index (Phi) is 5.79. The van der Waals surface area contributed by atoms with Crippen LogP contribution in [0.15, 0.2) is 61.9 Å². The molecule has 8 heteroatoms. The van der Waals surface area contributed by atoms with E-state index in [-0.39, 0.29) is 16.2 Å². The molecule has 2 aromatic carbocycles. The van der Waals surface area contributed by atoms with Crippen molar-refractivity contribution in [1.29, 1.82) is 10.5 Å². The average molecular weight is 468 g/mol. The SMILES string of the molecule is N#CC(C#N)=Cc1cc(Br)c(OS(=O)(=O)c2ccccc2)c(Br)c1. The zero-order chi connectivity index (χ0) is 17.7. The Labute approximate surface area is 156 Å². The molecule has 0 unspecified atom stereocenters. The first-order valence-electron chi connectivity index (χ1n) is 6.38. The van der Waals surface area contributed by atoms with Gasteiger partial charge in [-0.2, -0.15) is 18.9 Å². The maximum absolute atomic E-state index is 12.3. The van der Waals surface area contributed by atoms with Crippen molar-refractivity contribution in [3.8, 4) is 17.9 Å². The lowest BCUT2D eigenvalue weighted by Crippen LogP contribution is -2.10. The van der Waals surface area contributed by atoms with E-state index in [0.717, 1.165) is 0 Å². The molecule has 0 spiro atoms. The highest BCUT2D eigenvalue weighted by Crippen LogP contribution is 2.37. The molecular weight excluding hydrogens is 460 g/mol. The fourth-order valence-corrected chi connectivity index (χ4v) is 4.33. The number of benzene rings is 2. The molecular formula is C16H8Br2N2O3S. The van der Waals surface area contributed by atoms with Crippen LogP contribution in [-0.2, 0) is 10.1 Å². The lowest BCUT2D eigenvalue weighted by Gasteiger charge is -2.11. The van der Waals surface area contributed by atoms with Crippen molar-refractivity contribution in [1.82, 2.24) is 0 Å². The van der Waals surface area contributed by atoms with Crippen LogP contribution in [0.5, 0.6) is 5.75 Å². The predicted octanol–water partition coefficient (Wildman–Crippen LogP) is 4.41. The van der Waals surface area contributed by atoms with E-state index in [2.05, 4.69) is 31.9 Å². The summed E-state index contributed by atoms with van der Waals surface area (Å²) in [6.45, 7) is 0. The highest BCUT2D eigenvalue weighted by molar-refractivity contribution is 9.11. The standard InChI is InChI=1S/C16H8Br2N2O3S/c17-14-7-11(6-12(9-19)10-20)8-15(18)16(14)23-24(21,22)13-4-2-1-3-5-13/h1-8H. The molecule has 120 valence electrons. The van der Waals surface area contributed by atoms with E-state index in [1.54, 1.807) is 42.5 Å². The van der Waals surface area contributed by atoms with E-state index in [9.17, 15) is 8.42 Å². The highest BCUT2D eigenvalue weighted by Gasteiger charge is 2.20. The number of rotatable bonds is 4. The summed E-state index contributed by atoms with van der Waals surface area (Å²) < 4.78 is 30.5. The molecule has 2 aromatic rings. The van der Waals surface area contributed by atoms with Crippen molar-refractivity contribution in [2.75, 3.05) is 0 Å². The molecule has 0 atom stereocenters. The van der Waals surface area contributed by atoms with Crippen LogP contribution in [0.4, 0.5) is 0 Å². The third kappa shape index (κ3) is 4.24. The van der Waals surface area contributed by atoms with Crippen molar-refractivity contribution in [2.24, 2.45) is 0 Å². The van der Waals surface area contributed by atoms with Gasteiger partial charge in [0, 0.05) is 0 Å². The van der Waals surface area contributed by atoms with E-state index >= 15 is 0 Å². The number of allylic oxidation sites excluding steroid dienone is 1. The minimum Gasteiger partial charge on any atom is -0.377 e. The van der Waals surface area contributed by atoms with Crippen LogP contribution in [0, 0.1) is 22.7 Å². The molecule has 0 fully saturated rings. The summed E-state index contributed by atoms with van der Waals surface area (Å²) in [7, 11) is -3.98. The van der Waals surface area contributed by atoms with Gasteiger partial charge in [0.25, 0.3) is 0 Å². The van der Waals surface area contributed by atoms with Crippen molar-refractivity contribution in [3.63, 3.8) is 0 Å². The molecule has 0 saturated heterocycles. The minimum atomic E-state index is -3.98. The van der Waals surface area contributed by atoms with E-state index < -0.39 is 10.1 Å². The number of hydrogen-bond donors (Lipinski definition) is 0. The molecule has 0 radical (unpaired) electrons. The van der Waals surface area contributed by atoms with Crippen molar-refractivity contribution < 1.29 is 12.6 Å². The molecule has 0 heterocycles. The maximum atomic E-state index is 12.3. The smallest absolute Gasteiger partial charge is 0.339 e. The summed E-state index contributed by atoms with van der Waals surface area (Å²) >= 11 is 6.48. The van der Waals surface area contributed by atoms with Gasteiger partial charge in [-0.1, -0.05) is 18.2 Å². The Bertz CT molecular complexity index is 949. The summed E-state index contributed by atoms with van der Waals surface area (Å²) in [5, 5.41) is 17.6. The van der Waals surface area contributed by atoms with Crippen LogP contribution in [0.1, 0.15) is 5.56 Å². The van der Waals surface area contributed by atoms with Crippen LogP contribution < -0.4 is 4.18 Å². The first-order chi connectivity index (χ1) is 11.4. The molecule has 5 nitrogen and oxygen atoms in total. The zero-order valence-corrected chi connectivity index (χ0v) is 15.9. The summed E-state index contributed by atoms with van der Waals surface area (Å²) in [6.07, 6.45) is 1.38. The normalized spacial score (nSPS) is 10.3. The molecule has 0 amide bonds. The van der Waals surface area contributed by atoms with Gasteiger partial charge in [-0.25, -0.2) is 0 Å². The number of nitriles is 2. The van der Waals surface area contributed by atoms with E-state index in [1.165, 1.54) is 18.2 Å². The predicted molar refractivity (Wildman–Crippen MR) is 95.3 cm³/mol. The molecule has 2 rings (SSSR count). The van der Waals surface area contributed by atoms with Crippen LogP contribution in [0.2, 0.25) is 0 Å². The highest BCUT2D eigenvalue weighted by atomic mass is 79.9. The molecule has 24 heavy (non-hydrogen) atoms. The lowest BCUT2D eigenvalue weighted by molar-refractivity contribution is 0.483. The quantitative estimate of drug-likeness (QED) is 0.490. The molecule has 0 aliphatic carbocycles. The molecule has 0 saturated carbocycles. The van der Waals surface area contributed by atoms with Gasteiger partial charge in [0.2, 0.25) is 0 Å². The van der Waals surface area contributed by atoms with Crippen LogP contribution in [0.3, 0.4) is 0 Å². The van der Waals surface area contributed by atoms with Gasteiger partial charge >= 0.3 is 10.1 Å². The van der Waals surface area contributed by atoms with Gasteiger partial charge in [-0.05, 0) is 67.8 Å². The summed E-state index contributed by atoms with van der Waals surface area (Å²) in [5.41, 5.74) is 0.468. The summed E-state index contributed by atoms with van der Waals surface area (Å²) in [6, 6.07) is 14.4. The van der Waals surface area contributed by atoms with Crippen LogP contribution >= 0.6 is 31.9 Å². The van der Waals surface area contributed by atoms with Crippen molar-refractivity contribution in [2.45, 2.75) is 4.90 Å². The van der Waals surface area contributed by atoms with E-state index in [0.29, 0.717) is 14.5 Å². The summed E-state index contributed by atoms with van der Waals surface area (Å²) in [4.78, 5) is 0.0315. The Morgan fingerprint density at radius 3 is 2.08 bits per heavy atom. The fraction of sp³-hybridized carbons (Fsp3) is 0. The Balaban J connectivity index is 2.42. The molecule has 0 aromatic heterocycles. The Morgan fingerprint density at radius 1 is 1.04 bits per heavy atom. The fourth-order valence-electron chi connectivity index (χ4n) is 1.74. The van der Waals surface area contributed by atoms with E-state index in [1.807, 2.05) is 0 Å². The maximum Gasteiger partial charge on any atom is 0.339 e. The van der Waals surface area contributed by atoms with Crippen LogP contribution in [-0.4, -0.2) is 8.42 Å². The number of nitrogens with zero attached hydrogens (tertiary/aromatic N) is 2. The summed E-state index contributed by atoms with van der Waals surface area (Å²) in [5.74, 6) is 0.0754. The lowest BCUT2D eigenvalue weighted by atomic mass is 10.1. The van der Waals surface area contributed by atoms with Gasteiger partial charge in [0.1, 0.15) is 22.6 Å². The number of hydrogen-bond acceptors (Lipinski definition) is 5. The number of halogens is 2. The second-order valence-corrected chi connectivity index (χ2v) is 7.70. The molecule has 0 aliphatic heterocycles. The average Bonchev–Trinajstić information content (AvgIpc) is 2.57. The van der Waals surface area contributed by atoms with Crippen LogP contribution in [0.25, 0.3) is 6.08 Å². The third-order valence-electron chi connectivity index (χ3n) is 2.80. The van der Waals surface area contributed by atoms with Crippen molar-refractivity contribution >= 4 is 48.1 Å². The molecule has 0 N–H and O–H groups in total. The Hall–Kier alpha value is -2.13. The molecule has 0 aliphatic rings. The third-order valence-corrected chi connectivity index (χ3v) is 5.21. The second-order valence-electron chi connectivity index (χ2n) is 4.45. The first-order valence-corrected chi connectivity index (χ1v) is 9.37. The Morgan fingerprint density at radius 2 is 1.58 bits per heavy atom. The monoisotopic (exact) mass is 466 g/mol. The van der Waals surface area contributed by atoms with Gasteiger partial charge in [-0.15, -0.1) is 0 Å². The van der Waals surface area contributed by atoms with E-state index in [4.69, 9.17) is 14.7 Å². The van der Waals surface area contributed by atoms with Gasteiger partial charge in [-0.3, -0.25) is 0 Å². The van der Waals surface area contributed by atoms with Gasteiger partial charge < -0.3 is 4.18 Å². The first kappa shape index (κ1) is 18.2. The topological polar surface area (TPSA) is 90.9 Å². The van der Waals surface area contributed by atoms with Crippen molar-refractivity contribution in [3.05, 3.63) is 62.5 Å². The zero-order valence-electron chi connectivity index (χ0n) is 11.9.